The Hall–Kier alpha value is -1.29. The molecule has 0 spiro atoms. The van der Waals surface area contributed by atoms with Crippen LogP contribution < -0.4 is 10.2 Å². The Morgan fingerprint density at radius 2 is 2.25 bits per heavy atom. The molecule has 88 valence electrons. The van der Waals surface area contributed by atoms with E-state index in [1.807, 2.05) is 11.0 Å². The monoisotopic (exact) mass is 224 g/mol. The average molecular weight is 224 g/mol. The van der Waals surface area contributed by atoms with Gasteiger partial charge in [0.15, 0.2) is 0 Å². The lowest BCUT2D eigenvalue weighted by Crippen LogP contribution is -2.43. The summed E-state index contributed by atoms with van der Waals surface area (Å²) in [7, 11) is 0. The Morgan fingerprint density at radius 1 is 1.50 bits per heavy atom. The highest BCUT2D eigenvalue weighted by molar-refractivity contribution is 5.72. The van der Waals surface area contributed by atoms with Gasteiger partial charge in [-0.2, -0.15) is 0 Å². The smallest absolute Gasteiger partial charge is 0.148 e. The molecule has 1 aliphatic rings. The number of nitrogens with one attached hydrogen (secondary N) is 1. The Kier molecular flexibility index (Phi) is 2.76. The maximum Gasteiger partial charge on any atom is 0.148 e. The minimum absolute atomic E-state index is 0.242. The molecule has 0 radical (unpaired) electrons. The van der Waals surface area contributed by atoms with Gasteiger partial charge in [-0.05, 0) is 26.0 Å². The molecule has 1 heterocycles. The number of benzene rings is 1. The van der Waals surface area contributed by atoms with Crippen LogP contribution in [-0.2, 0) is 0 Å². The second-order valence-corrected chi connectivity index (χ2v) is 4.80. The molecular weight excluding hydrogens is 207 g/mol. The molecule has 0 bridgehead atoms. The van der Waals surface area contributed by atoms with Crippen molar-refractivity contribution in [2.24, 2.45) is 0 Å². The molecule has 0 atom stereocenters. The van der Waals surface area contributed by atoms with Gasteiger partial charge in [-0.3, -0.25) is 0 Å². The summed E-state index contributed by atoms with van der Waals surface area (Å²) < 4.78 is 13.7. The number of para-hydroxylation sites is 1. The highest BCUT2D eigenvalue weighted by Crippen LogP contribution is 2.32. The molecule has 0 aliphatic carbocycles. The van der Waals surface area contributed by atoms with Crippen LogP contribution in [0.25, 0.3) is 0 Å². The van der Waals surface area contributed by atoms with Crippen LogP contribution in [0.1, 0.15) is 13.8 Å². The molecule has 2 N–H and O–H groups in total. The summed E-state index contributed by atoms with van der Waals surface area (Å²) in [5.74, 6) is -0.242. The lowest BCUT2D eigenvalue weighted by atomic mass is 10.1. The molecule has 1 aromatic rings. The highest BCUT2D eigenvalue weighted by atomic mass is 19.1. The molecule has 1 aliphatic heterocycles. The zero-order valence-electron chi connectivity index (χ0n) is 9.63. The molecule has 2 rings (SSSR count). The van der Waals surface area contributed by atoms with E-state index in [9.17, 15) is 9.50 Å². The van der Waals surface area contributed by atoms with Gasteiger partial charge in [0.25, 0.3) is 0 Å². The fourth-order valence-corrected chi connectivity index (χ4v) is 2.04. The minimum Gasteiger partial charge on any atom is -0.389 e. The van der Waals surface area contributed by atoms with E-state index in [0.29, 0.717) is 18.8 Å². The average Bonchev–Trinajstić information content (AvgIpc) is 2.15. The lowest BCUT2D eigenvalue weighted by Gasteiger charge is -2.35. The Morgan fingerprint density at radius 3 is 2.94 bits per heavy atom. The van der Waals surface area contributed by atoms with Gasteiger partial charge in [0.1, 0.15) is 5.82 Å². The number of nitrogens with zero attached hydrogens (tertiary/aromatic N) is 1. The number of halogens is 1. The SMILES string of the molecule is CC(C)(O)CN1CCNc2cccc(F)c21. The summed E-state index contributed by atoms with van der Waals surface area (Å²) in [5, 5.41) is 13.0. The van der Waals surface area contributed by atoms with Crippen molar-refractivity contribution in [3.05, 3.63) is 24.0 Å². The normalized spacial score (nSPS) is 15.6. The number of anilines is 2. The number of aliphatic hydroxyl groups is 1. The van der Waals surface area contributed by atoms with E-state index in [2.05, 4.69) is 5.32 Å². The quantitative estimate of drug-likeness (QED) is 0.804. The van der Waals surface area contributed by atoms with Crippen LogP contribution in [-0.4, -0.2) is 30.3 Å². The first-order chi connectivity index (χ1) is 7.47. The van der Waals surface area contributed by atoms with Gasteiger partial charge in [-0.25, -0.2) is 4.39 Å². The molecule has 0 fully saturated rings. The largest absolute Gasteiger partial charge is 0.389 e. The van der Waals surface area contributed by atoms with Crippen LogP contribution in [0, 0.1) is 5.82 Å². The molecule has 1 aromatic carbocycles. The first-order valence-corrected chi connectivity index (χ1v) is 5.47. The van der Waals surface area contributed by atoms with E-state index >= 15 is 0 Å². The van der Waals surface area contributed by atoms with E-state index in [0.717, 1.165) is 12.2 Å². The predicted molar refractivity (Wildman–Crippen MR) is 63.4 cm³/mol. The van der Waals surface area contributed by atoms with Crippen molar-refractivity contribution in [3.63, 3.8) is 0 Å². The van der Waals surface area contributed by atoms with Crippen molar-refractivity contribution in [3.8, 4) is 0 Å². The molecule has 0 saturated carbocycles. The van der Waals surface area contributed by atoms with E-state index in [4.69, 9.17) is 0 Å². The van der Waals surface area contributed by atoms with Crippen molar-refractivity contribution in [1.29, 1.82) is 0 Å². The zero-order chi connectivity index (χ0) is 11.8. The van der Waals surface area contributed by atoms with Gasteiger partial charge in [0, 0.05) is 19.6 Å². The third-order valence-electron chi connectivity index (χ3n) is 2.58. The van der Waals surface area contributed by atoms with Crippen LogP contribution in [0.15, 0.2) is 18.2 Å². The topological polar surface area (TPSA) is 35.5 Å². The Balaban J connectivity index is 2.32. The number of β-amino-alcohol motifs (C(OH)–C–C–N with tert-alkyl or cyclic N) is 1. The number of rotatable bonds is 2. The van der Waals surface area contributed by atoms with Crippen LogP contribution in [0.4, 0.5) is 15.8 Å². The van der Waals surface area contributed by atoms with Crippen molar-refractivity contribution < 1.29 is 9.50 Å². The second kappa shape index (κ2) is 3.94. The number of fused-ring (bicyclic) bond motifs is 1. The third kappa shape index (κ3) is 2.27. The molecule has 0 amide bonds. The Labute approximate surface area is 94.9 Å². The fraction of sp³-hybridized carbons (Fsp3) is 0.500. The lowest BCUT2D eigenvalue weighted by molar-refractivity contribution is 0.0873. The van der Waals surface area contributed by atoms with Gasteiger partial charge in [0.2, 0.25) is 0 Å². The van der Waals surface area contributed by atoms with E-state index in [1.165, 1.54) is 6.07 Å². The summed E-state index contributed by atoms with van der Waals surface area (Å²) in [5.41, 5.74) is 0.544. The maximum atomic E-state index is 13.7. The first kappa shape index (κ1) is 11.2. The van der Waals surface area contributed by atoms with E-state index in [1.54, 1.807) is 19.9 Å². The molecule has 0 saturated heterocycles. The van der Waals surface area contributed by atoms with Crippen molar-refractivity contribution in [1.82, 2.24) is 0 Å². The van der Waals surface area contributed by atoms with Crippen molar-refractivity contribution in [2.75, 3.05) is 29.9 Å². The van der Waals surface area contributed by atoms with Gasteiger partial charge >= 0.3 is 0 Å². The van der Waals surface area contributed by atoms with Gasteiger partial charge < -0.3 is 15.3 Å². The van der Waals surface area contributed by atoms with Gasteiger partial charge in [-0.1, -0.05) is 6.07 Å². The highest BCUT2D eigenvalue weighted by Gasteiger charge is 2.25. The zero-order valence-corrected chi connectivity index (χ0v) is 9.63. The summed E-state index contributed by atoms with van der Waals surface area (Å²) >= 11 is 0. The molecule has 0 unspecified atom stereocenters. The summed E-state index contributed by atoms with van der Waals surface area (Å²) in [6.07, 6.45) is 0. The predicted octanol–water partition coefficient (Wildman–Crippen LogP) is 1.83. The number of hydrogen-bond acceptors (Lipinski definition) is 3. The molecule has 4 heteroatoms. The van der Waals surface area contributed by atoms with Gasteiger partial charge in [0.05, 0.1) is 17.0 Å². The molecule has 0 aromatic heterocycles. The summed E-state index contributed by atoms with van der Waals surface area (Å²) in [6.45, 7) is 5.37. The van der Waals surface area contributed by atoms with Gasteiger partial charge in [-0.15, -0.1) is 0 Å². The summed E-state index contributed by atoms with van der Waals surface area (Å²) in [6, 6.07) is 4.99. The van der Waals surface area contributed by atoms with Crippen LogP contribution >= 0.6 is 0 Å². The molecular formula is C12H17FN2O. The third-order valence-corrected chi connectivity index (χ3v) is 2.58. The number of hydrogen-bond donors (Lipinski definition) is 2. The Bertz CT molecular complexity index is 387. The molecule has 3 nitrogen and oxygen atoms in total. The van der Waals surface area contributed by atoms with Crippen LogP contribution in [0.2, 0.25) is 0 Å². The minimum atomic E-state index is -0.823. The first-order valence-electron chi connectivity index (χ1n) is 5.47. The van der Waals surface area contributed by atoms with Crippen molar-refractivity contribution in [2.45, 2.75) is 19.4 Å². The fourth-order valence-electron chi connectivity index (χ4n) is 2.04. The standard InChI is InChI=1S/C12H17FN2O/c1-12(2,16)8-15-7-6-14-10-5-3-4-9(13)11(10)15/h3-5,14,16H,6-8H2,1-2H3. The maximum absolute atomic E-state index is 13.7. The van der Waals surface area contributed by atoms with E-state index in [-0.39, 0.29) is 5.82 Å². The van der Waals surface area contributed by atoms with Crippen molar-refractivity contribution >= 4 is 11.4 Å². The molecule has 16 heavy (non-hydrogen) atoms. The summed E-state index contributed by atoms with van der Waals surface area (Å²) in [4.78, 5) is 1.89. The second-order valence-electron chi connectivity index (χ2n) is 4.80. The van der Waals surface area contributed by atoms with Crippen LogP contribution in [0.5, 0.6) is 0 Å². The van der Waals surface area contributed by atoms with Crippen LogP contribution in [0.3, 0.4) is 0 Å². The van der Waals surface area contributed by atoms with E-state index < -0.39 is 5.60 Å².